The van der Waals surface area contributed by atoms with Crippen LogP contribution in [0, 0.1) is 45.8 Å². The van der Waals surface area contributed by atoms with Crippen LogP contribution in [-0.4, -0.2) is 22.8 Å². The summed E-state index contributed by atoms with van der Waals surface area (Å²) in [7, 11) is 0. The molecule has 4 nitrogen and oxygen atoms in total. The average molecular weight is 372 g/mol. The van der Waals surface area contributed by atoms with Gasteiger partial charge in [0, 0.05) is 18.8 Å². The van der Waals surface area contributed by atoms with Crippen LogP contribution in [0.25, 0.3) is 0 Å². The fraction of sp³-hybridized carbons (Fsp3) is 0.826. The molecule has 4 heteroatoms. The lowest BCUT2D eigenvalue weighted by Crippen LogP contribution is -2.55. The Kier molecular flexibility index (Phi) is 4.28. The Hall–Kier alpha value is -1.34. The number of rotatable bonds is 1. The van der Waals surface area contributed by atoms with E-state index in [0.717, 1.165) is 44.9 Å². The Morgan fingerprint density at radius 1 is 1.30 bits per heavy atom. The van der Waals surface area contributed by atoms with E-state index in [1.165, 1.54) is 12.5 Å². The number of hydrogen-bond donors (Lipinski definition) is 1. The van der Waals surface area contributed by atoms with E-state index in [-0.39, 0.29) is 28.8 Å². The topological polar surface area (TPSA) is 70.3 Å². The molecule has 8 atom stereocenters. The first-order chi connectivity index (χ1) is 12.7. The van der Waals surface area contributed by atoms with E-state index in [1.54, 1.807) is 0 Å². The number of carbonyl (C=O) groups is 1. The number of nitrogens with zero attached hydrogens (tertiary/aromatic N) is 1. The number of carbonyl (C=O) groups excluding carboxylic acids is 1. The van der Waals surface area contributed by atoms with Crippen LogP contribution in [0.1, 0.15) is 72.6 Å². The molecular weight excluding hydrogens is 338 g/mol. The molecule has 148 valence electrons. The molecule has 0 heterocycles. The van der Waals surface area contributed by atoms with Crippen LogP contribution in [-0.2, 0) is 9.53 Å². The third kappa shape index (κ3) is 2.47. The van der Waals surface area contributed by atoms with Crippen molar-refractivity contribution in [3.05, 3.63) is 11.6 Å². The Labute approximate surface area is 163 Å². The lowest BCUT2D eigenvalue weighted by molar-refractivity contribution is -0.149. The van der Waals surface area contributed by atoms with Crippen molar-refractivity contribution in [3.8, 4) is 6.07 Å². The smallest absolute Gasteiger partial charge is 0.302 e. The van der Waals surface area contributed by atoms with Gasteiger partial charge < -0.3 is 9.84 Å². The highest BCUT2D eigenvalue weighted by atomic mass is 16.5. The van der Waals surface area contributed by atoms with Crippen molar-refractivity contribution in [1.29, 1.82) is 5.26 Å². The fourth-order valence-corrected chi connectivity index (χ4v) is 7.54. The molecule has 0 aliphatic heterocycles. The summed E-state index contributed by atoms with van der Waals surface area (Å²) in [4.78, 5) is 11.4. The number of ether oxygens (including phenoxy) is 1. The van der Waals surface area contributed by atoms with Gasteiger partial charge in [-0.25, -0.2) is 0 Å². The molecule has 4 rings (SSSR count). The molecular formula is C23H33NO3. The molecule has 0 aromatic heterocycles. The summed E-state index contributed by atoms with van der Waals surface area (Å²) < 4.78 is 5.51. The van der Waals surface area contributed by atoms with E-state index in [0.29, 0.717) is 17.8 Å². The van der Waals surface area contributed by atoms with Crippen LogP contribution in [0.2, 0.25) is 0 Å². The second-order valence-corrected chi connectivity index (χ2v) is 10.2. The molecule has 0 radical (unpaired) electrons. The van der Waals surface area contributed by atoms with E-state index in [4.69, 9.17) is 4.74 Å². The van der Waals surface area contributed by atoms with Crippen LogP contribution in [0.5, 0.6) is 0 Å². The number of allylic oxidation sites excluding steroid dienone is 1. The predicted molar refractivity (Wildman–Crippen MR) is 102 cm³/mol. The Morgan fingerprint density at radius 2 is 2.04 bits per heavy atom. The molecule has 0 aromatic rings. The van der Waals surface area contributed by atoms with Crippen LogP contribution in [0.4, 0.5) is 0 Å². The molecule has 0 saturated heterocycles. The molecule has 27 heavy (non-hydrogen) atoms. The van der Waals surface area contributed by atoms with Gasteiger partial charge in [0.15, 0.2) is 5.60 Å². The van der Waals surface area contributed by atoms with Gasteiger partial charge in [0.05, 0.1) is 6.07 Å². The Morgan fingerprint density at radius 3 is 2.70 bits per heavy atom. The van der Waals surface area contributed by atoms with Gasteiger partial charge >= 0.3 is 5.97 Å². The summed E-state index contributed by atoms with van der Waals surface area (Å²) in [6, 6.07) is 2.31. The molecule has 4 aliphatic carbocycles. The average Bonchev–Trinajstić information content (AvgIpc) is 2.82. The van der Waals surface area contributed by atoms with Gasteiger partial charge in [0.25, 0.3) is 0 Å². The summed E-state index contributed by atoms with van der Waals surface area (Å²) in [5, 5.41) is 21.0. The van der Waals surface area contributed by atoms with Crippen molar-refractivity contribution in [2.24, 2.45) is 34.5 Å². The largest absolute Gasteiger partial charge is 0.462 e. The first kappa shape index (κ1) is 19.0. The van der Waals surface area contributed by atoms with E-state index < -0.39 is 5.60 Å². The highest BCUT2D eigenvalue weighted by molar-refractivity contribution is 5.66. The predicted octanol–water partition coefficient (Wildman–Crippen LogP) is 4.38. The maximum absolute atomic E-state index is 11.4. The highest BCUT2D eigenvalue weighted by Gasteiger charge is 2.66. The van der Waals surface area contributed by atoms with Crippen molar-refractivity contribution < 1.29 is 14.6 Å². The van der Waals surface area contributed by atoms with Gasteiger partial charge in [-0.1, -0.05) is 32.4 Å². The number of hydrogen-bond acceptors (Lipinski definition) is 4. The van der Waals surface area contributed by atoms with Crippen LogP contribution >= 0.6 is 0 Å². The van der Waals surface area contributed by atoms with Crippen molar-refractivity contribution in [1.82, 2.24) is 0 Å². The number of aliphatic hydroxyl groups is 1. The van der Waals surface area contributed by atoms with Crippen molar-refractivity contribution in [3.63, 3.8) is 0 Å². The molecule has 4 aliphatic rings. The fourth-order valence-electron chi connectivity index (χ4n) is 7.54. The van der Waals surface area contributed by atoms with Gasteiger partial charge in [-0.05, 0) is 67.6 Å². The molecule has 3 saturated carbocycles. The molecule has 0 aromatic carbocycles. The third-order valence-corrected chi connectivity index (χ3v) is 9.14. The monoisotopic (exact) mass is 371 g/mol. The SMILES string of the molecule is CC(=O)OC1CC[C@@]2(C)C(=CC[C@@H]3[C@H]2CC[C@@]2(C)[C@H]3CC(C)C2(O)C#N)C1. The van der Waals surface area contributed by atoms with E-state index >= 15 is 0 Å². The van der Waals surface area contributed by atoms with Crippen molar-refractivity contribution >= 4 is 5.97 Å². The normalized spacial score (nSPS) is 51.3. The molecule has 0 amide bonds. The zero-order valence-corrected chi connectivity index (χ0v) is 17.1. The number of esters is 1. The second kappa shape index (κ2) is 6.08. The minimum Gasteiger partial charge on any atom is -0.462 e. The molecule has 1 N–H and O–H groups in total. The Balaban J connectivity index is 1.63. The summed E-state index contributed by atoms with van der Waals surface area (Å²) in [6.07, 6.45) is 9.34. The third-order valence-electron chi connectivity index (χ3n) is 9.14. The lowest BCUT2D eigenvalue weighted by Gasteiger charge is -2.58. The van der Waals surface area contributed by atoms with E-state index in [2.05, 4.69) is 32.9 Å². The van der Waals surface area contributed by atoms with Crippen molar-refractivity contribution in [2.45, 2.75) is 84.3 Å². The first-order valence-electron chi connectivity index (χ1n) is 10.7. The minimum atomic E-state index is -1.19. The molecule has 0 spiro atoms. The van der Waals surface area contributed by atoms with E-state index in [1.807, 2.05) is 0 Å². The highest BCUT2D eigenvalue weighted by Crippen LogP contribution is 2.68. The zero-order chi connectivity index (χ0) is 19.6. The molecule has 0 bridgehead atoms. The number of nitriles is 1. The van der Waals surface area contributed by atoms with Crippen LogP contribution in [0.15, 0.2) is 11.6 Å². The maximum Gasteiger partial charge on any atom is 0.302 e. The summed E-state index contributed by atoms with van der Waals surface area (Å²) in [6.45, 7) is 8.13. The van der Waals surface area contributed by atoms with Gasteiger partial charge in [-0.15, -0.1) is 0 Å². The quantitative estimate of drug-likeness (QED) is 0.422. The van der Waals surface area contributed by atoms with Gasteiger partial charge in [-0.3, -0.25) is 4.79 Å². The van der Waals surface area contributed by atoms with Gasteiger partial charge in [0.2, 0.25) is 0 Å². The molecule has 3 fully saturated rings. The summed E-state index contributed by atoms with van der Waals surface area (Å²) in [5.74, 6) is 1.43. The van der Waals surface area contributed by atoms with Crippen LogP contribution in [0.3, 0.4) is 0 Å². The minimum absolute atomic E-state index is 0.0300. The van der Waals surface area contributed by atoms with Gasteiger partial charge in [-0.2, -0.15) is 5.26 Å². The standard InChI is InChI=1S/C23H33NO3/c1-14-11-20-18-6-5-16-12-17(27-15(2)25)7-9-21(16,3)19(18)8-10-22(20,4)23(14,26)13-24/h5,14,17-20,26H,6-12H2,1-4H3/t14?,17?,18-,19-,20+,21+,22+,23?/m1/s1. The molecule has 3 unspecified atom stereocenters. The van der Waals surface area contributed by atoms with Crippen LogP contribution < -0.4 is 0 Å². The summed E-state index contributed by atoms with van der Waals surface area (Å²) in [5.41, 5.74) is 0.170. The number of fused-ring (bicyclic) bond motifs is 5. The van der Waals surface area contributed by atoms with Crippen molar-refractivity contribution in [2.75, 3.05) is 0 Å². The lowest BCUT2D eigenvalue weighted by atomic mass is 9.47. The first-order valence-corrected chi connectivity index (χ1v) is 10.7. The maximum atomic E-state index is 11.4. The summed E-state index contributed by atoms with van der Waals surface area (Å²) >= 11 is 0. The Bertz CT molecular complexity index is 724. The second-order valence-electron chi connectivity index (χ2n) is 10.2. The van der Waals surface area contributed by atoms with Gasteiger partial charge in [0.1, 0.15) is 6.10 Å². The zero-order valence-electron chi connectivity index (χ0n) is 17.1. The van der Waals surface area contributed by atoms with E-state index in [9.17, 15) is 15.2 Å².